The van der Waals surface area contributed by atoms with E-state index < -0.39 is 23.5 Å². The average molecular weight is 531 g/mol. The number of amides is 1. The molecule has 0 aliphatic carbocycles. The molecule has 0 radical (unpaired) electrons. The van der Waals surface area contributed by atoms with E-state index in [1.54, 1.807) is 24.3 Å². The number of Topliss-reactive ketones (excluding diaryl/α,β-unsaturated/α-hetero) is 1. The second-order valence-corrected chi connectivity index (χ2v) is 9.72. The maximum absolute atomic E-state index is 13.8. The molecule has 0 spiro atoms. The van der Waals surface area contributed by atoms with Gasteiger partial charge in [0.15, 0.2) is 11.5 Å². The third-order valence-electron chi connectivity index (χ3n) is 6.54. The van der Waals surface area contributed by atoms with E-state index in [0.717, 1.165) is 11.3 Å². The van der Waals surface area contributed by atoms with E-state index in [0.29, 0.717) is 33.9 Å². The summed E-state index contributed by atoms with van der Waals surface area (Å²) in [4.78, 5) is 30.7. The smallest absolute Gasteiger partial charge is 0.290 e. The fourth-order valence-corrected chi connectivity index (χ4v) is 4.89. The van der Waals surface area contributed by atoms with Crippen molar-refractivity contribution in [3.8, 4) is 5.75 Å². The summed E-state index contributed by atoms with van der Waals surface area (Å²) in [7, 11) is 3.86. The molecule has 1 amide bonds. The Kier molecular flexibility index (Phi) is 6.87. The Hall–Kier alpha value is -4.23. The molecule has 3 aromatic carbocycles. The van der Waals surface area contributed by atoms with Gasteiger partial charge in [0.1, 0.15) is 11.3 Å². The van der Waals surface area contributed by atoms with Gasteiger partial charge in [-0.25, -0.2) is 0 Å². The molecule has 0 saturated carbocycles. The lowest BCUT2D eigenvalue weighted by Crippen LogP contribution is -2.30. The molecule has 7 nitrogen and oxygen atoms in total. The minimum atomic E-state index is -0.821. The van der Waals surface area contributed by atoms with Crippen LogP contribution in [0.25, 0.3) is 11.0 Å². The SMILES string of the molecule is CCOc1cccc(CN2C(=O)C(O)=C(C(=O)c3cc4cc(Cl)ccc4o3)C2c2ccc(N(C)C)cc2)c1. The summed E-state index contributed by atoms with van der Waals surface area (Å²) in [6, 6.07) is 20.8. The number of halogens is 1. The predicted octanol–water partition coefficient (Wildman–Crippen LogP) is 6.33. The van der Waals surface area contributed by atoms with Gasteiger partial charge in [0, 0.05) is 36.7 Å². The van der Waals surface area contributed by atoms with Crippen LogP contribution in [-0.4, -0.2) is 42.4 Å². The second kappa shape index (κ2) is 10.3. The van der Waals surface area contributed by atoms with Crippen molar-refractivity contribution in [3.63, 3.8) is 0 Å². The van der Waals surface area contributed by atoms with Crippen molar-refractivity contribution in [1.82, 2.24) is 4.90 Å². The van der Waals surface area contributed by atoms with Crippen LogP contribution in [0, 0.1) is 0 Å². The molecule has 1 aliphatic heterocycles. The molecule has 0 bridgehead atoms. The number of nitrogens with zero attached hydrogens (tertiary/aromatic N) is 2. The first-order valence-electron chi connectivity index (χ1n) is 12.2. The first-order valence-corrected chi connectivity index (χ1v) is 12.6. The lowest BCUT2D eigenvalue weighted by atomic mass is 9.94. The van der Waals surface area contributed by atoms with Crippen molar-refractivity contribution >= 4 is 39.9 Å². The monoisotopic (exact) mass is 530 g/mol. The van der Waals surface area contributed by atoms with Crippen molar-refractivity contribution in [2.45, 2.75) is 19.5 Å². The summed E-state index contributed by atoms with van der Waals surface area (Å²) in [5.41, 5.74) is 2.91. The highest BCUT2D eigenvalue weighted by atomic mass is 35.5. The quantitative estimate of drug-likeness (QED) is 0.268. The van der Waals surface area contributed by atoms with Crippen molar-refractivity contribution in [2.24, 2.45) is 0 Å². The number of rotatable bonds is 8. The van der Waals surface area contributed by atoms with Crippen LogP contribution in [0.1, 0.15) is 34.6 Å². The number of hydrogen-bond acceptors (Lipinski definition) is 6. The van der Waals surface area contributed by atoms with Crippen molar-refractivity contribution in [2.75, 3.05) is 25.6 Å². The third-order valence-corrected chi connectivity index (χ3v) is 6.77. The van der Waals surface area contributed by atoms with Gasteiger partial charge in [-0.15, -0.1) is 0 Å². The standard InChI is InChI=1S/C30H27ClN2O5/c1-4-37-23-7-5-6-18(14-23)17-33-27(19-8-11-22(12-9-19)32(2)3)26(29(35)30(33)36)28(34)25-16-20-15-21(31)10-13-24(20)38-25/h5-16,27,35H,4,17H2,1-3H3. The molecule has 8 heteroatoms. The van der Waals surface area contributed by atoms with Crippen LogP contribution >= 0.6 is 11.6 Å². The Bertz CT molecular complexity index is 1550. The number of fused-ring (bicyclic) bond motifs is 1. The average Bonchev–Trinajstić information content (AvgIpc) is 3.43. The summed E-state index contributed by atoms with van der Waals surface area (Å²) in [5.74, 6) is -1.08. The van der Waals surface area contributed by atoms with Gasteiger partial charge in [0.25, 0.3) is 5.91 Å². The van der Waals surface area contributed by atoms with E-state index >= 15 is 0 Å². The van der Waals surface area contributed by atoms with Crippen molar-refractivity contribution < 1.29 is 23.8 Å². The van der Waals surface area contributed by atoms with Gasteiger partial charge in [0.2, 0.25) is 5.78 Å². The minimum absolute atomic E-state index is 0.0201. The number of carbonyl (C=O) groups is 2. The van der Waals surface area contributed by atoms with Gasteiger partial charge in [0.05, 0.1) is 18.2 Å². The summed E-state index contributed by atoms with van der Waals surface area (Å²) >= 11 is 6.10. The van der Waals surface area contributed by atoms with E-state index in [1.807, 2.05) is 74.4 Å². The zero-order valence-corrected chi connectivity index (χ0v) is 22.0. The zero-order chi connectivity index (χ0) is 27.0. The van der Waals surface area contributed by atoms with E-state index in [1.165, 1.54) is 4.90 Å². The number of aliphatic hydroxyl groups is 1. The highest BCUT2D eigenvalue weighted by Gasteiger charge is 2.44. The summed E-state index contributed by atoms with van der Waals surface area (Å²) < 4.78 is 11.4. The molecule has 1 aromatic heterocycles. The number of carbonyl (C=O) groups excluding carboxylic acids is 2. The molecule has 38 heavy (non-hydrogen) atoms. The molecule has 194 valence electrons. The van der Waals surface area contributed by atoms with E-state index in [2.05, 4.69) is 0 Å². The number of ketones is 1. The number of furan rings is 1. The van der Waals surface area contributed by atoms with Crippen molar-refractivity contribution in [1.29, 1.82) is 0 Å². The van der Waals surface area contributed by atoms with Crippen LogP contribution in [0.4, 0.5) is 5.69 Å². The predicted molar refractivity (Wildman–Crippen MR) is 147 cm³/mol. The van der Waals surface area contributed by atoms with Gasteiger partial charge >= 0.3 is 0 Å². The molecule has 1 aliphatic rings. The fraction of sp³-hybridized carbons (Fsp3) is 0.200. The van der Waals surface area contributed by atoms with Crippen LogP contribution in [-0.2, 0) is 11.3 Å². The normalized spacial score (nSPS) is 15.4. The van der Waals surface area contributed by atoms with Crippen LogP contribution in [0.2, 0.25) is 5.02 Å². The Morgan fingerprint density at radius 3 is 2.55 bits per heavy atom. The van der Waals surface area contributed by atoms with E-state index in [4.69, 9.17) is 20.8 Å². The minimum Gasteiger partial charge on any atom is -0.503 e. The van der Waals surface area contributed by atoms with Gasteiger partial charge in [-0.2, -0.15) is 0 Å². The summed E-state index contributed by atoms with van der Waals surface area (Å²) in [5, 5.41) is 12.2. The summed E-state index contributed by atoms with van der Waals surface area (Å²) in [6.45, 7) is 2.57. The molecule has 0 fully saturated rings. The maximum Gasteiger partial charge on any atom is 0.290 e. The molecule has 2 heterocycles. The van der Waals surface area contributed by atoms with Crippen molar-refractivity contribution in [3.05, 3.63) is 106 Å². The lowest BCUT2D eigenvalue weighted by molar-refractivity contribution is -0.130. The third kappa shape index (κ3) is 4.73. The summed E-state index contributed by atoms with van der Waals surface area (Å²) in [6.07, 6.45) is 0. The number of anilines is 1. The van der Waals surface area contributed by atoms with Crippen LogP contribution < -0.4 is 9.64 Å². The van der Waals surface area contributed by atoms with Gasteiger partial charge in [-0.05, 0) is 66.6 Å². The second-order valence-electron chi connectivity index (χ2n) is 9.29. The molecule has 5 rings (SSSR count). The molecule has 0 saturated heterocycles. The van der Waals surface area contributed by atoms with Crippen LogP contribution in [0.5, 0.6) is 5.75 Å². The number of ether oxygens (including phenoxy) is 1. The first-order chi connectivity index (χ1) is 18.3. The maximum atomic E-state index is 13.8. The lowest BCUT2D eigenvalue weighted by Gasteiger charge is -2.27. The highest BCUT2D eigenvalue weighted by Crippen LogP contribution is 2.41. The van der Waals surface area contributed by atoms with E-state index in [-0.39, 0.29) is 17.9 Å². The molecular weight excluding hydrogens is 504 g/mol. The van der Waals surface area contributed by atoms with Crippen LogP contribution in [0.3, 0.4) is 0 Å². The fourth-order valence-electron chi connectivity index (χ4n) is 4.71. The Balaban J connectivity index is 1.57. The Morgan fingerprint density at radius 1 is 1.08 bits per heavy atom. The highest BCUT2D eigenvalue weighted by molar-refractivity contribution is 6.31. The van der Waals surface area contributed by atoms with E-state index in [9.17, 15) is 14.7 Å². The first kappa shape index (κ1) is 25.4. The molecule has 1 unspecified atom stereocenters. The zero-order valence-electron chi connectivity index (χ0n) is 21.3. The molecule has 1 atom stereocenters. The van der Waals surface area contributed by atoms with Gasteiger partial charge in [-0.3, -0.25) is 9.59 Å². The van der Waals surface area contributed by atoms with Crippen LogP contribution in [0.15, 0.2) is 88.5 Å². The molecule has 1 N–H and O–H groups in total. The van der Waals surface area contributed by atoms with Gasteiger partial charge < -0.3 is 24.1 Å². The van der Waals surface area contributed by atoms with Gasteiger partial charge in [-0.1, -0.05) is 35.9 Å². The molecule has 4 aromatic rings. The number of hydrogen-bond donors (Lipinski definition) is 1. The Labute approximate surface area is 225 Å². The number of aliphatic hydroxyl groups excluding tert-OH is 1. The topological polar surface area (TPSA) is 83.2 Å². The molecular formula is C30H27ClN2O5. The number of benzene rings is 3. The largest absolute Gasteiger partial charge is 0.503 e. The Morgan fingerprint density at radius 2 is 1.84 bits per heavy atom.